The summed E-state index contributed by atoms with van der Waals surface area (Å²) >= 11 is 1.15. The third-order valence-corrected chi connectivity index (χ3v) is 4.97. The first-order valence-electron chi connectivity index (χ1n) is 8.33. The van der Waals surface area contributed by atoms with Crippen LogP contribution in [0.4, 0.5) is 18.9 Å². The topological polar surface area (TPSA) is 51.2 Å². The van der Waals surface area contributed by atoms with E-state index < -0.39 is 17.6 Å². The Morgan fingerprint density at radius 2 is 1.93 bits per heavy atom. The second-order valence-corrected chi connectivity index (χ2v) is 7.01. The van der Waals surface area contributed by atoms with Crippen molar-refractivity contribution in [3.8, 4) is 5.75 Å². The Morgan fingerprint density at radius 1 is 1.18 bits per heavy atom. The SMILES string of the molecule is COc1cccc2c(C)cc(SCC(=O)Nc3ccccc3C(F)(F)F)nc12. The van der Waals surface area contributed by atoms with E-state index >= 15 is 0 Å². The summed E-state index contributed by atoms with van der Waals surface area (Å²) in [6.07, 6.45) is -4.54. The second-order valence-electron chi connectivity index (χ2n) is 6.01. The van der Waals surface area contributed by atoms with Crippen molar-refractivity contribution in [1.29, 1.82) is 0 Å². The third-order valence-electron chi connectivity index (χ3n) is 4.06. The smallest absolute Gasteiger partial charge is 0.418 e. The van der Waals surface area contributed by atoms with Crippen molar-refractivity contribution in [2.75, 3.05) is 18.2 Å². The number of nitrogens with zero attached hydrogens (tertiary/aromatic N) is 1. The van der Waals surface area contributed by atoms with Crippen molar-refractivity contribution >= 4 is 34.3 Å². The molecule has 3 aromatic rings. The van der Waals surface area contributed by atoms with Crippen LogP contribution in [0.3, 0.4) is 0 Å². The Kier molecular flexibility index (Phi) is 5.79. The van der Waals surface area contributed by atoms with Crippen LogP contribution in [-0.4, -0.2) is 23.8 Å². The molecule has 0 bridgehead atoms. The summed E-state index contributed by atoms with van der Waals surface area (Å²) in [5, 5.41) is 3.86. The number of methoxy groups -OCH3 is 1. The van der Waals surface area contributed by atoms with E-state index in [1.54, 1.807) is 13.2 Å². The number of fused-ring (bicyclic) bond motifs is 1. The molecular formula is C20H17F3N2O2S. The average molecular weight is 406 g/mol. The summed E-state index contributed by atoms with van der Waals surface area (Å²) in [7, 11) is 1.55. The molecule has 4 nitrogen and oxygen atoms in total. The molecular weight excluding hydrogens is 389 g/mol. The van der Waals surface area contributed by atoms with Crippen LogP contribution in [0.25, 0.3) is 10.9 Å². The molecule has 0 aliphatic carbocycles. The van der Waals surface area contributed by atoms with E-state index in [0.717, 1.165) is 28.8 Å². The van der Waals surface area contributed by atoms with E-state index in [2.05, 4.69) is 10.3 Å². The number of nitrogens with one attached hydrogen (secondary N) is 1. The van der Waals surface area contributed by atoms with E-state index in [-0.39, 0.29) is 11.4 Å². The van der Waals surface area contributed by atoms with Gasteiger partial charge in [-0.3, -0.25) is 4.79 Å². The molecule has 8 heteroatoms. The van der Waals surface area contributed by atoms with Gasteiger partial charge in [0.15, 0.2) is 0 Å². The number of aromatic nitrogens is 1. The Morgan fingerprint density at radius 3 is 2.64 bits per heavy atom. The quantitative estimate of drug-likeness (QED) is 0.584. The highest BCUT2D eigenvalue weighted by atomic mass is 32.2. The molecule has 0 fully saturated rings. The van der Waals surface area contributed by atoms with Crippen molar-refractivity contribution in [3.63, 3.8) is 0 Å². The van der Waals surface area contributed by atoms with Gasteiger partial charge in [0.25, 0.3) is 0 Å². The number of thioether (sulfide) groups is 1. The molecule has 0 aliphatic heterocycles. The minimum absolute atomic E-state index is 0.0702. The maximum atomic E-state index is 13.0. The second kappa shape index (κ2) is 8.10. The highest BCUT2D eigenvalue weighted by molar-refractivity contribution is 7.99. The molecule has 2 aromatic carbocycles. The maximum Gasteiger partial charge on any atom is 0.418 e. The van der Waals surface area contributed by atoms with Gasteiger partial charge >= 0.3 is 6.18 Å². The van der Waals surface area contributed by atoms with Crippen molar-refractivity contribution in [3.05, 3.63) is 59.7 Å². The summed E-state index contributed by atoms with van der Waals surface area (Å²) in [4.78, 5) is 16.7. The number of hydrogen-bond acceptors (Lipinski definition) is 4. The van der Waals surface area contributed by atoms with Gasteiger partial charge in [0.05, 0.1) is 29.1 Å². The Balaban J connectivity index is 1.75. The zero-order valence-corrected chi connectivity index (χ0v) is 15.9. The minimum Gasteiger partial charge on any atom is -0.494 e. The van der Waals surface area contributed by atoms with Gasteiger partial charge < -0.3 is 10.1 Å². The molecule has 146 valence electrons. The van der Waals surface area contributed by atoms with Crippen LogP contribution in [0.15, 0.2) is 53.6 Å². The van der Waals surface area contributed by atoms with Crippen molar-refractivity contribution < 1.29 is 22.7 Å². The van der Waals surface area contributed by atoms with Gasteiger partial charge in [-0.2, -0.15) is 13.2 Å². The van der Waals surface area contributed by atoms with Crippen molar-refractivity contribution in [1.82, 2.24) is 4.98 Å². The maximum absolute atomic E-state index is 13.0. The number of alkyl halides is 3. The fraction of sp³-hybridized carbons (Fsp3) is 0.200. The largest absolute Gasteiger partial charge is 0.494 e. The number of anilines is 1. The first-order valence-corrected chi connectivity index (χ1v) is 9.31. The number of ether oxygens (including phenoxy) is 1. The van der Waals surface area contributed by atoms with Crippen molar-refractivity contribution in [2.45, 2.75) is 18.1 Å². The van der Waals surface area contributed by atoms with Gasteiger partial charge in [0.2, 0.25) is 5.91 Å². The number of benzene rings is 2. The van der Waals surface area contributed by atoms with Crippen LogP contribution in [0, 0.1) is 6.92 Å². The lowest BCUT2D eigenvalue weighted by Crippen LogP contribution is -2.18. The number of para-hydroxylation sites is 2. The van der Waals surface area contributed by atoms with Crippen LogP contribution in [-0.2, 0) is 11.0 Å². The molecule has 1 N–H and O–H groups in total. The molecule has 1 aromatic heterocycles. The Hall–Kier alpha value is -2.74. The van der Waals surface area contributed by atoms with Gasteiger partial charge in [-0.05, 0) is 36.8 Å². The number of carbonyl (C=O) groups is 1. The van der Waals surface area contributed by atoms with Crippen LogP contribution >= 0.6 is 11.8 Å². The Labute approximate surface area is 164 Å². The van der Waals surface area contributed by atoms with Gasteiger partial charge in [-0.25, -0.2) is 4.98 Å². The lowest BCUT2D eigenvalue weighted by Gasteiger charge is -2.13. The van der Waals surface area contributed by atoms with Gasteiger partial charge in [0.1, 0.15) is 11.3 Å². The highest BCUT2D eigenvalue weighted by Crippen LogP contribution is 2.35. The first kappa shape index (κ1) is 20.0. The number of halogens is 3. The van der Waals surface area contributed by atoms with Crippen LogP contribution < -0.4 is 10.1 Å². The first-order chi connectivity index (χ1) is 13.3. The predicted octanol–water partition coefficient (Wildman–Crippen LogP) is 5.30. The molecule has 1 heterocycles. The fourth-order valence-corrected chi connectivity index (χ4v) is 3.53. The van der Waals surface area contributed by atoms with Gasteiger partial charge in [-0.1, -0.05) is 36.0 Å². The minimum atomic E-state index is -4.54. The van der Waals surface area contributed by atoms with Gasteiger partial charge in [0, 0.05) is 5.39 Å². The van der Waals surface area contributed by atoms with E-state index in [1.807, 2.05) is 25.1 Å². The molecule has 28 heavy (non-hydrogen) atoms. The van der Waals surface area contributed by atoms with Gasteiger partial charge in [-0.15, -0.1) is 0 Å². The average Bonchev–Trinajstić information content (AvgIpc) is 2.65. The molecule has 0 aliphatic rings. The molecule has 0 atom stereocenters. The zero-order valence-electron chi connectivity index (χ0n) is 15.1. The number of carbonyl (C=O) groups excluding carboxylic acids is 1. The lowest BCUT2D eigenvalue weighted by molar-refractivity contribution is -0.137. The molecule has 0 saturated heterocycles. The lowest BCUT2D eigenvalue weighted by atomic mass is 10.1. The van der Waals surface area contributed by atoms with E-state index in [4.69, 9.17) is 4.74 Å². The third kappa shape index (κ3) is 4.39. The number of rotatable bonds is 5. The molecule has 0 spiro atoms. The summed E-state index contributed by atoms with van der Waals surface area (Å²) in [6.45, 7) is 1.92. The monoisotopic (exact) mass is 406 g/mol. The van der Waals surface area contributed by atoms with Crippen LogP contribution in [0.5, 0.6) is 5.75 Å². The standard InChI is InChI=1S/C20H17F3N2O2S/c1-12-10-18(25-19-13(12)6-5-9-16(19)27-2)28-11-17(26)24-15-8-4-3-7-14(15)20(21,22)23/h3-10H,11H2,1-2H3,(H,24,26). The molecule has 1 amide bonds. The number of pyridine rings is 1. The number of amides is 1. The fourth-order valence-electron chi connectivity index (χ4n) is 2.77. The van der Waals surface area contributed by atoms with Crippen molar-refractivity contribution in [2.24, 2.45) is 0 Å². The summed E-state index contributed by atoms with van der Waals surface area (Å²) < 4.78 is 44.4. The zero-order chi connectivity index (χ0) is 20.3. The summed E-state index contributed by atoms with van der Waals surface area (Å²) in [5.74, 6) is 0.00659. The molecule has 3 rings (SSSR count). The predicted molar refractivity (Wildman–Crippen MR) is 104 cm³/mol. The normalized spacial score (nSPS) is 11.5. The van der Waals surface area contributed by atoms with Crippen LogP contribution in [0.1, 0.15) is 11.1 Å². The van der Waals surface area contributed by atoms with E-state index in [9.17, 15) is 18.0 Å². The highest BCUT2D eigenvalue weighted by Gasteiger charge is 2.33. The number of aryl methyl sites for hydroxylation is 1. The van der Waals surface area contributed by atoms with E-state index in [1.165, 1.54) is 18.2 Å². The van der Waals surface area contributed by atoms with Crippen LogP contribution in [0.2, 0.25) is 0 Å². The molecule has 0 unspecified atom stereocenters. The number of hydrogen-bond donors (Lipinski definition) is 1. The summed E-state index contributed by atoms with van der Waals surface area (Å²) in [6, 6.07) is 12.3. The molecule has 0 saturated carbocycles. The molecule has 0 radical (unpaired) electrons. The Bertz CT molecular complexity index is 1020. The van der Waals surface area contributed by atoms with E-state index in [0.29, 0.717) is 16.3 Å². The summed E-state index contributed by atoms with van der Waals surface area (Å²) in [5.41, 5.74) is 0.507.